The molecule has 2 aromatic heterocycles. The molecular weight excluding hydrogens is 140 g/mol. The Balaban J connectivity index is 2.76. The van der Waals surface area contributed by atoms with Gasteiger partial charge in [0.15, 0.2) is 5.58 Å². The maximum Gasteiger partial charge on any atom is 0.185 e. The monoisotopic (exact) mass is 148 g/mol. The van der Waals surface area contributed by atoms with Crippen molar-refractivity contribution >= 4 is 11.0 Å². The van der Waals surface area contributed by atoms with Crippen LogP contribution in [0.2, 0.25) is 0 Å². The number of fused-ring (bicyclic) bond motifs is 1. The van der Waals surface area contributed by atoms with E-state index in [0.29, 0.717) is 0 Å². The predicted molar refractivity (Wildman–Crippen MR) is 41.2 cm³/mol. The summed E-state index contributed by atoms with van der Waals surface area (Å²) in [6, 6.07) is 1.92. The summed E-state index contributed by atoms with van der Waals surface area (Å²) < 4.78 is 5.03. The van der Waals surface area contributed by atoms with Crippen LogP contribution in [0.4, 0.5) is 0 Å². The van der Waals surface area contributed by atoms with Gasteiger partial charge in [-0.25, -0.2) is 0 Å². The van der Waals surface area contributed by atoms with Crippen molar-refractivity contribution in [3.8, 4) is 0 Å². The fourth-order valence-electron chi connectivity index (χ4n) is 1.10. The van der Waals surface area contributed by atoms with Gasteiger partial charge in [-0.3, -0.25) is 4.98 Å². The van der Waals surface area contributed by atoms with Gasteiger partial charge in [0, 0.05) is 11.6 Å². The molecule has 0 fully saturated rings. The zero-order valence-corrected chi connectivity index (χ0v) is 6.24. The highest BCUT2D eigenvalue weighted by Gasteiger charge is 2.03. The molecule has 56 valence electrons. The second kappa shape index (κ2) is 2.34. The molecule has 0 aliphatic carbocycles. The maximum absolute atomic E-state index is 5.03. The molecule has 0 saturated heterocycles. The van der Waals surface area contributed by atoms with Crippen LogP contribution in [0.5, 0.6) is 0 Å². The van der Waals surface area contributed by atoms with Crippen LogP contribution >= 0.6 is 0 Å². The second-order valence-electron chi connectivity index (χ2n) is 2.35. The fourth-order valence-corrected chi connectivity index (χ4v) is 1.10. The number of pyridine rings is 1. The largest absolute Gasteiger partial charge is 0.354 e. The van der Waals surface area contributed by atoms with Gasteiger partial charge in [-0.2, -0.15) is 0 Å². The van der Waals surface area contributed by atoms with Crippen LogP contribution in [0.1, 0.15) is 12.6 Å². The molecule has 11 heavy (non-hydrogen) atoms. The Morgan fingerprint density at radius 2 is 2.45 bits per heavy atom. The maximum atomic E-state index is 5.03. The van der Waals surface area contributed by atoms with Crippen molar-refractivity contribution in [3.63, 3.8) is 0 Å². The van der Waals surface area contributed by atoms with E-state index in [1.807, 2.05) is 6.07 Å². The first-order chi connectivity index (χ1) is 5.42. The zero-order valence-electron chi connectivity index (χ0n) is 6.24. The molecule has 2 aromatic rings. The highest BCUT2D eigenvalue weighted by molar-refractivity contribution is 5.77. The predicted octanol–water partition coefficient (Wildman–Crippen LogP) is 1.79. The van der Waals surface area contributed by atoms with Gasteiger partial charge in [-0.05, 0) is 12.5 Å². The molecule has 0 unspecified atom stereocenters. The molecular formula is C8H8N2O. The second-order valence-corrected chi connectivity index (χ2v) is 2.35. The van der Waals surface area contributed by atoms with E-state index in [-0.39, 0.29) is 0 Å². The number of rotatable bonds is 1. The van der Waals surface area contributed by atoms with E-state index < -0.39 is 0 Å². The molecule has 0 saturated carbocycles. The summed E-state index contributed by atoms with van der Waals surface area (Å²) in [6.45, 7) is 2.05. The van der Waals surface area contributed by atoms with Crippen molar-refractivity contribution in [2.24, 2.45) is 0 Å². The van der Waals surface area contributed by atoms with Gasteiger partial charge in [-0.15, -0.1) is 0 Å². The quantitative estimate of drug-likeness (QED) is 0.618. The number of hydrogen-bond donors (Lipinski definition) is 0. The van der Waals surface area contributed by atoms with Gasteiger partial charge in [0.1, 0.15) is 0 Å². The third-order valence-corrected chi connectivity index (χ3v) is 1.68. The van der Waals surface area contributed by atoms with Crippen LogP contribution in [0.25, 0.3) is 11.0 Å². The van der Waals surface area contributed by atoms with E-state index in [0.717, 1.165) is 23.1 Å². The van der Waals surface area contributed by atoms with E-state index in [2.05, 4.69) is 17.1 Å². The highest BCUT2D eigenvalue weighted by Crippen LogP contribution is 2.16. The number of hydrogen-bond acceptors (Lipinski definition) is 3. The normalized spacial score (nSPS) is 10.6. The third-order valence-electron chi connectivity index (χ3n) is 1.68. The lowest BCUT2D eigenvalue weighted by atomic mass is 10.2. The number of aromatic nitrogens is 2. The van der Waals surface area contributed by atoms with Gasteiger partial charge in [0.05, 0.1) is 11.9 Å². The van der Waals surface area contributed by atoms with E-state index in [1.165, 1.54) is 0 Å². The minimum atomic E-state index is 0.768. The van der Waals surface area contributed by atoms with Crippen molar-refractivity contribution in [1.82, 2.24) is 10.1 Å². The highest BCUT2D eigenvalue weighted by atomic mass is 16.5. The summed E-state index contributed by atoms with van der Waals surface area (Å²) in [5.41, 5.74) is 1.77. The molecule has 0 radical (unpaired) electrons. The van der Waals surface area contributed by atoms with Gasteiger partial charge in [0.25, 0.3) is 0 Å². The molecule has 0 bridgehead atoms. The van der Waals surface area contributed by atoms with E-state index in [9.17, 15) is 0 Å². The van der Waals surface area contributed by atoms with Crippen LogP contribution in [0, 0.1) is 0 Å². The van der Waals surface area contributed by atoms with Crippen molar-refractivity contribution < 1.29 is 4.52 Å². The standard InChI is InChI=1S/C8H8N2O/c1-2-7-6-3-4-9-5-8(6)11-10-7/h3-5H,2H2,1H3. The lowest BCUT2D eigenvalue weighted by molar-refractivity contribution is 0.446. The Kier molecular flexibility index (Phi) is 1.35. The first kappa shape index (κ1) is 6.34. The van der Waals surface area contributed by atoms with E-state index in [4.69, 9.17) is 4.52 Å². The van der Waals surface area contributed by atoms with Crippen molar-refractivity contribution in [2.75, 3.05) is 0 Å². The average molecular weight is 148 g/mol. The first-order valence-corrected chi connectivity index (χ1v) is 3.60. The topological polar surface area (TPSA) is 38.9 Å². The number of aryl methyl sites for hydroxylation is 1. The van der Waals surface area contributed by atoms with Crippen LogP contribution in [-0.4, -0.2) is 10.1 Å². The molecule has 0 amide bonds. The van der Waals surface area contributed by atoms with Crippen LogP contribution in [0.3, 0.4) is 0 Å². The van der Waals surface area contributed by atoms with E-state index >= 15 is 0 Å². The summed E-state index contributed by atoms with van der Waals surface area (Å²) in [5.74, 6) is 0. The van der Waals surface area contributed by atoms with Gasteiger partial charge in [0.2, 0.25) is 0 Å². The van der Waals surface area contributed by atoms with Crippen LogP contribution < -0.4 is 0 Å². The van der Waals surface area contributed by atoms with Gasteiger partial charge in [-0.1, -0.05) is 12.1 Å². The van der Waals surface area contributed by atoms with E-state index in [1.54, 1.807) is 12.4 Å². The molecule has 0 atom stereocenters. The minimum absolute atomic E-state index is 0.768. The lowest BCUT2D eigenvalue weighted by Gasteiger charge is -1.85. The van der Waals surface area contributed by atoms with Gasteiger partial charge >= 0.3 is 0 Å². The number of nitrogens with zero attached hydrogens (tertiary/aromatic N) is 2. The summed E-state index contributed by atoms with van der Waals surface area (Å²) in [4.78, 5) is 3.93. The van der Waals surface area contributed by atoms with Crippen molar-refractivity contribution in [3.05, 3.63) is 24.2 Å². The van der Waals surface area contributed by atoms with Crippen molar-refractivity contribution in [2.45, 2.75) is 13.3 Å². The Morgan fingerprint density at radius 3 is 3.27 bits per heavy atom. The Labute approximate surface area is 64.0 Å². The summed E-state index contributed by atoms with van der Waals surface area (Å²) in [6.07, 6.45) is 4.33. The molecule has 2 rings (SSSR count). The van der Waals surface area contributed by atoms with Crippen molar-refractivity contribution in [1.29, 1.82) is 0 Å². The average Bonchev–Trinajstić information content (AvgIpc) is 2.47. The first-order valence-electron chi connectivity index (χ1n) is 3.60. The molecule has 3 heteroatoms. The third kappa shape index (κ3) is 0.888. The Bertz CT molecular complexity index is 367. The summed E-state index contributed by atoms with van der Waals surface area (Å²) >= 11 is 0. The smallest absolute Gasteiger partial charge is 0.185 e. The van der Waals surface area contributed by atoms with Crippen LogP contribution in [0.15, 0.2) is 23.0 Å². The molecule has 2 heterocycles. The van der Waals surface area contributed by atoms with Crippen LogP contribution in [-0.2, 0) is 6.42 Å². The Hall–Kier alpha value is -1.38. The molecule has 0 N–H and O–H groups in total. The summed E-state index contributed by atoms with van der Waals surface area (Å²) in [5, 5.41) is 4.97. The van der Waals surface area contributed by atoms with Gasteiger partial charge < -0.3 is 4.52 Å². The zero-order chi connectivity index (χ0) is 7.68. The molecule has 0 aliphatic rings. The molecule has 0 spiro atoms. The molecule has 3 nitrogen and oxygen atoms in total. The lowest BCUT2D eigenvalue weighted by Crippen LogP contribution is -1.78. The molecule has 0 aliphatic heterocycles. The fraction of sp³-hybridized carbons (Fsp3) is 0.250. The SMILES string of the molecule is CCc1noc2cnccc12. The minimum Gasteiger partial charge on any atom is -0.354 e. The molecule has 0 aromatic carbocycles. The summed E-state index contributed by atoms with van der Waals surface area (Å²) in [7, 11) is 0. The Morgan fingerprint density at radius 1 is 1.55 bits per heavy atom.